The molecule has 0 atom stereocenters. The number of para-hydroxylation sites is 5. The van der Waals surface area contributed by atoms with Crippen LogP contribution in [0.2, 0.25) is 0 Å². The van der Waals surface area contributed by atoms with Crippen molar-refractivity contribution in [2.75, 3.05) is 9.80 Å². The Hall–Kier alpha value is -8.34. The van der Waals surface area contributed by atoms with Gasteiger partial charge in [0.1, 0.15) is 0 Å². The molecule has 0 fully saturated rings. The highest BCUT2D eigenvalue weighted by Gasteiger charge is 2.19. The summed E-state index contributed by atoms with van der Waals surface area (Å²) in [5.41, 5.74) is 15.0. The van der Waals surface area contributed by atoms with Gasteiger partial charge in [-0.1, -0.05) is 127 Å². The van der Waals surface area contributed by atoms with E-state index in [2.05, 4.69) is 262 Å². The van der Waals surface area contributed by atoms with Crippen molar-refractivity contribution in [1.82, 2.24) is 9.13 Å². The highest BCUT2D eigenvalue weighted by atomic mass is 15.1. The molecule has 2 aromatic heterocycles. The van der Waals surface area contributed by atoms with Crippen LogP contribution in [-0.2, 0) is 0 Å². The fourth-order valence-electron chi connectivity index (χ4n) is 9.79. The smallest absolute Gasteiger partial charge is 0.0542 e. The summed E-state index contributed by atoms with van der Waals surface area (Å²) in [6.07, 6.45) is 6.92. The molecule has 0 amide bonds. The third-order valence-corrected chi connectivity index (χ3v) is 12.7. The zero-order chi connectivity index (χ0) is 42.4. The minimum absolute atomic E-state index is 1.05. The van der Waals surface area contributed by atoms with E-state index in [4.69, 9.17) is 0 Å². The molecule has 0 saturated carbocycles. The van der Waals surface area contributed by atoms with Crippen LogP contribution >= 0.6 is 0 Å². The molecule has 1 aliphatic carbocycles. The van der Waals surface area contributed by atoms with Gasteiger partial charge in [0.15, 0.2) is 0 Å². The number of hydrogen-bond donors (Lipinski definition) is 0. The number of fused-ring (bicyclic) bond motifs is 6. The van der Waals surface area contributed by atoms with Gasteiger partial charge in [-0.15, -0.1) is 0 Å². The van der Waals surface area contributed by atoms with E-state index < -0.39 is 0 Å². The molecule has 11 aromatic rings. The lowest BCUT2D eigenvalue weighted by molar-refractivity contribution is 1.02. The average Bonchev–Trinajstić information content (AvgIpc) is 3.88. The summed E-state index contributed by atoms with van der Waals surface area (Å²) in [6.45, 7) is 0. The maximum Gasteiger partial charge on any atom is 0.0542 e. The second-order valence-corrected chi connectivity index (χ2v) is 16.5. The van der Waals surface area contributed by atoms with Crippen LogP contribution in [0.3, 0.4) is 0 Å². The van der Waals surface area contributed by atoms with Crippen LogP contribution in [0, 0.1) is 0 Å². The van der Waals surface area contributed by atoms with Crippen molar-refractivity contribution in [3.8, 4) is 22.5 Å². The van der Waals surface area contributed by atoms with Crippen molar-refractivity contribution in [2.24, 2.45) is 0 Å². The van der Waals surface area contributed by atoms with Gasteiger partial charge in [-0.05, 0) is 139 Å². The van der Waals surface area contributed by atoms with Crippen LogP contribution < -0.4 is 20.4 Å². The molecule has 0 saturated heterocycles. The number of nitrogens with zero attached hydrogens (tertiary/aromatic N) is 4. The van der Waals surface area contributed by atoms with Crippen LogP contribution in [0.15, 0.2) is 231 Å². The third kappa shape index (κ3) is 6.47. The molecule has 0 radical (unpaired) electrons. The Morgan fingerprint density at radius 2 is 0.703 bits per heavy atom. The van der Waals surface area contributed by atoms with Gasteiger partial charge in [0, 0.05) is 72.2 Å². The molecular weight excluding hydrogens is 777 g/mol. The Bertz CT molecular complexity index is 3570. The predicted octanol–water partition coefficient (Wildman–Crippen LogP) is 14.7. The Morgan fingerprint density at radius 1 is 0.297 bits per heavy atom. The van der Waals surface area contributed by atoms with Gasteiger partial charge in [0.05, 0.1) is 16.6 Å². The first-order valence-corrected chi connectivity index (χ1v) is 22.2. The summed E-state index contributed by atoms with van der Waals surface area (Å²) < 4.78 is 4.79. The van der Waals surface area contributed by atoms with E-state index in [1.807, 2.05) is 0 Å². The number of anilines is 6. The SMILES string of the molecule is C1=c2c(n(-c3ccccc3)c3ccc(N(c4ccccc4)c4ccc(-c5ccc(N(c6ccccc6)c6ccc7c(c6)c6ccccc6n7-c6ccccc6)cc5)cc4)cc23)=CCC1. The first kappa shape index (κ1) is 37.4. The van der Waals surface area contributed by atoms with Crippen molar-refractivity contribution in [3.63, 3.8) is 0 Å². The first-order valence-electron chi connectivity index (χ1n) is 22.2. The van der Waals surface area contributed by atoms with Crippen LogP contribution in [0.4, 0.5) is 34.1 Å². The summed E-state index contributed by atoms with van der Waals surface area (Å²) in [4.78, 5) is 4.73. The third-order valence-electron chi connectivity index (χ3n) is 12.7. The van der Waals surface area contributed by atoms with Gasteiger partial charge in [-0.3, -0.25) is 0 Å². The lowest BCUT2D eigenvalue weighted by Crippen LogP contribution is -2.30. The summed E-state index contributed by atoms with van der Waals surface area (Å²) in [5.74, 6) is 0. The molecule has 4 nitrogen and oxygen atoms in total. The fourth-order valence-corrected chi connectivity index (χ4v) is 9.79. The molecule has 2 heterocycles. The highest BCUT2D eigenvalue weighted by Crippen LogP contribution is 2.41. The van der Waals surface area contributed by atoms with Crippen LogP contribution in [0.25, 0.3) is 67.4 Å². The molecule has 0 unspecified atom stereocenters. The van der Waals surface area contributed by atoms with E-state index in [0.29, 0.717) is 0 Å². The van der Waals surface area contributed by atoms with Crippen molar-refractivity contribution in [2.45, 2.75) is 12.8 Å². The zero-order valence-corrected chi connectivity index (χ0v) is 35.3. The minimum atomic E-state index is 1.05. The molecule has 0 spiro atoms. The second kappa shape index (κ2) is 15.8. The number of benzene rings is 9. The van der Waals surface area contributed by atoms with E-state index in [1.54, 1.807) is 0 Å². The van der Waals surface area contributed by atoms with Crippen LogP contribution in [0.1, 0.15) is 12.8 Å². The van der Waals surface area contributed by atoms with Crippen LogP contribution in [-0.4, -0.2) is 9.13 Å². The molecule has 12 rings (SSSR count). The predicted molar refractivity (Wildman–Crippen MR) is 270 cm³/mol. The summed E-state index contributed by atoms with van der Waals surface area (Å²) in [7, 11) is 0. The van der Waals surface area contributed by atoms with Gasteiger partial charge in [-0.2, -0.15) is 0 Å². The molecular formula is C60H44N4. The lowest BCUT2D eigenvalue weighted by atomic mass is 10.0. The lowest BCUT2D eigenvalue weighted by Gasteiger charge is -2.26. The standard InChI is InChI=1S/C60H44N4/c1-5-17-45(18-6-1)61(51-37-39-59-55(41-51)53-25-13-15-27-57(53)63(59)47-21-9-3-10-22-47)49-33-29-43(30-34-49)44-31-35-50(36-32-44)62(46-19-7-2-8-20-46)52-38-40-60-56(42-52)54-26-14-16-28-58(54)64(60)48-23-11-4-12-24-48/h1-13,15,17-42H,14,16H2. The second-order valence-electron chi connectivity index (χ2n) is 16.5. The van der Waals surface area contributed by atoms with E-state index in [-0.39, 0.29) is 0 Å². The van der Waals surface area contributed by atoms with Gasteiger partial charge >= 0.3 is 0 Å². The maximum absolute atomic E-state index is 2.42. The number of rotatable bonds is 9. The molecule has 0 aliphatic heterocycles. The van der Waals surface area contributed by atoms with E-state index in [1.165, 1.54) is 54.5 Å². The first-order chi connectivity index (χ1) is 31.8. The Labute approximate surface area is 372 Å². The molecule has 304 valence electrons. The van der Waals surface area contributed by atoms with E-state index in [0.717, 1.165) is 58.2 Å². The molecule has 9 aromatic carbocycles. The van der Waals surface area contributed by atoms with Crippen molar-refractivity contribution in [3.05, 3.63) is 241 Å². The molecule has 0 bridgehead atoms. The van der Waals surface area contributed by atoms with E-state index in [9.17, 15) is 0 Å². The average molecular weight is 821 g/mol. The number of hydrogen-bond acceptors (Lipinski definition) is 2. The Kier molecular flexibility index (Phi) is 9.27. The quantitative estimate of drug-likeness (QED) is 0.144. The van der Waals surface area contributed by atoms with E-state index >= 15 is 0 Å². The van der Waals surface area contributed by atoms with Gasteiger partial charge < -0.3 is 18.9 Å². The minimum Gasteiger partial charge on any atom is -0.310 e. The molecule has 64 heavy (non-hydrogen) atoms. The monoisotopic (exact) mass is 820 g/mol. The van der Waals surface area contributed by atoms with Crippen LogP contribution in [0.5, 0.6) is 0 Å². The molecule has 1 aliphatic rings. The molecule has 4 heteroatoms. The van der Waals surface area contributed by atoms with Gasteiger partial charge in [-0.25, -0.2) is 0 Å². The summed E-state index contributed by atoms with van der Waals surface area (Å²) in [5, 5.41) is 6.33. The normalized spacial score (nSPS) is 12.2. The van der Waals surface area contributed by atoms with Gasteiger partial charge in [0.2, 0.25) is 0 Å². The highest BCUT2D eigenvalue weighted by molar-refractivity contribution is 6.10. The topological polar surface area (TPSA) is 16.3 Å². The Morgan fingerprint density at radius 3 is 1.27 bits per heavy atom. The maximum atomic E-state index is 2.42. The zero-order valence-electron chi connectivity index (χ0n) is 35.3. The largest absolute Gasteiger partial charge is 0.310 e. The van der Waals surface area contributed by atoms with Crippen molar-refractivity contribution >= 4 is 79.0 Å². The number of aromatic nitrogens is 2. The van der Waals surface area contributed by atoms with Crippen molar-refractivity contribution in [1.29, 1.82) is 0 Å². The van der Waals surface area contributed by atoms with Crippen molar-refractivity contribution < 1.29 is 0 Å². The Balaban J connectivity index is 0.902. The fraction of sp³-hybridized carbons (Fsp3) is 0.0333. The van der Waals surface area contributed by atoms with Gasteiger partial charge in [0.25, 0.3) is 0 Å². The summed E-state index contributed by atoms with van der Waals surface area (Å²) >= 11 is 0. The summed E-state index contributed by atoms with van der Waals surface area (Å²) in [6, 6.07) is 83.3. The molecule has 0 N–H and O–H groups in total.